The highest BCUT2D eigenvalue weighted by atomic mass is 19.4. The number of rotatable bonds is 1. The van der Waals surface area contributed by atoms with Gasteiger partial charge in [-0.2, -0.15) is 13.2 Å². The van der Waals surface area contributed by atoms with Gasteiger partial charge in [0.2, 0.25) is 6.35 Å². The predicted octanol–water partition coefficient (Wildman–Crippen LogP) is 3.24. The summed E-state index contributed by atoms with van der Waals surface area (Å²) in [6.45, 7) is 1.77. The Morgan fingerprint density at radius 2 is 1.58 bits per heavy atom. The van der Waals surface area contributed by atoms with Crippen LogP contribution >= 0.6 is 0 Å². The van der Waals surface area contributed by atoms with E-state index in [4.69, 9.17) is 0 Å². The van der Waals surface area contributed by atoms with Crippen molar-refractivity contribution in [3.8, 4) is 0 Å². The van der Waals surface area contributed by atoms with Crippen molar-refractivity contribution in [2.24, 2.45) is 0 Å². The molecule has 2 unspecified atom stereocenters. The van der Waals surface area contributed by atoms with Gasteiger partial charge in [-0.1, -0.05) is 24.3 Å². The molecule has 4 nitrogen and oxygen atoms in total. The van der Waals surface area contributed by atoms with Crippen molar-refractivity contribution in [3.05, 3.63) is 59.2 Å². The van der Waals surface area contributed by atoms with Crippen molar-refractivity contribution in [2.45, 2.75) is 25.7 Å². The minimum absolute atomic E-state index is 0.272. The van der Waals surface area contributed by atoms with Crippen LogP contribution in [0.2, 0.25) is 0 Å². The third-order valence-electron chi connectivity index (χ3n) is 4.29. The average Bonchev–Trinajstić information content (AvgIpc) is 2.52. The monoisotopic (exact) mass is 338 g/mol. The molecule has 7 heteroatoms. The lowest BCUT2D eigenvalue weighted by Gasteiger charge is -2.46. The molecule has 3 rings (SSSR count). The van der Waals surface area contributed by atoms with Gasteiger partial charge in [0.1, 0.15) is 0 Å². The molecular formula is C17H17F3N2O2. The molecule has 24 heavy (non-hydrogen) atoms. The van der Waals surface area contributed by atoms with Crippen molar-refractivity contribution >= 4 is 11.4 Å². The summed E-state index contributed by atoms with van der Waals surface area (Å²) in [4.78, 5) is 2.40. The Bertz CT molecular complexity index is 764. The molecule has 0 spiro atoms. The fourth-order valence-electron chi connectivity index (χ4n) is 3.08. The normalized spacial score (nSPS) is 21.0. The second kappa shape index (κ2) is 5.68. The number of hydrogen-bond donors (Lipinski definition) is 2. The molecule has 2 aromatic rings. The number of benzene rings is 2. The highest BCUT2D eigenvalue weighted by Crippen LogP contribution is 2.44. The maximum atomic E-state index is 13.3. The fraction of sp³-hybridized carbons (Fsp3) is 0.294. The zero-order valence-electron chi connectivity index (χ0n) is 13.1. The average molecular weight is 338 g/mol. The predicted molar refractivity (Wildman–Crippen MR) is 84.5 cm³/mol. The molecule has 0 bridgehead atoms. The van der Waals surface area contributed by atoms with E-state index >= 15 is 0 Å². The Hall–Kier alpha value is -2.25. The molecule has 2 atom stereocenters. The largest absolute Gasteiger partial charge is 0.418 e. The lowest BCUT2D eigenvalue weighted by Crippen LogP contribution is -2.53. The fourth-order valence-corrected chi connectivity index (χ4v) is 3.08. The molecule has 2 N–H and O–H groups in total. The van der Waals surface area contributed by atoms with E-state index in [9.17, 15) is 23.4 Å². The number of nitrogens with zero attached hydrogens (tertiary/aromatic N) is 2. The van der Waals surface area contributed by atoms with E-state index in [-0.39, 0.29) is 5.69 Å². The number of aliphatic hydroxyl groups is 2. The molecule has 1 heterocycles. The van der Waals surface area contributed by atoms with E-state index in [1.807, 2.05) is 0 Å². The van der Waals surface area contributed by atoms with Gasteiger partial charge in [0.15, 0.2) is 6.23 Å². The van der Waals surface area contributed by atoms with Gasteiger partial charge in [-0.3, -0.25) is 4.90 Å². The summed E-state index contributed by atoms with van der Waals surface area (Å²) >= 11 is 0. The molecule has 128 valence electrons. The summed E-state index contributed by atoms with van der Waals surface area (Å²) in [7, 11) is 1.57. The molecule has 0 aliphatic carbocycles. The van der Waals surface area contributed by atoms with Crippen molar-refractivity contribution in [2.75, 3.05) is 16.8 Å². The summed E-state index contributed by atoms with van der Waals surface area (Å²) in [6.07, 6.45) is -7.42. The van der Waals surface area contributed by atoms with Crippen LogP contribution in [0.15, 0.2) is 42.5 Å². The van der Waals surface area contributed by atoms with Gasteiger partial charge < -0.3 is 15.1 Å². The number of aryl methyl sites for hydroxylation is 1. The van der Waals surface area contributed by atoms with E-state index in [2.05, 4.69) is 0 Å². The zero-order chi connectivity index (χ0) is 17.6. The smallest absolute Gasteiger partial charge is 0.369 e. The molecule has 2 aromatic carbocycles. The Labute approximate surface area is 137 Å². The van der Waals surface area contributed by atoms with Crippen LogP contribution in [0.5, 0.6) is 0 Å². The lowest BCUT2D eigenvalue weighted by atomic mass is 10.00. The highest BCUT2D eigenvalue weighted by Gasteiger charge is 2.41. The number of para-hydroxylation sites is 1. The second-order valence-electron chi connectivity index (χ2n) is 5.76. The van der Waals surface area contributed by atoms with E-state index in [0.29, 0.717) is 11.3 Å². The van der Waals surface area contributed by atoms with Crippen LogP contribution in [0.4, 0.5) is 24.5 Å². The van der Waals surface area contributed by atoms with Crippen molar-refractivity contribution in [1.29, 1.82) is 0 Å². The molecular weight excluding hydrogens is 321 g/mol. The third kappa shape index (κ3) is 2.50. The van der Waals surface area contributed by atoms with Crippen molar-refractivity contribution in [3.63, 3.8) is 0 Å². The summed E-state index contributed by atoms with van der Waals surface area (Å²) in [5, 5.41) is 21.2. The number of alkyl halides is 3. The Morgan fingerprint density at radius 3 is 2.25 bits per heavy atom. The SMILES string of the molecule is Cc1cccc2c1C(O)N(c1ccccc1C(F)(F)F)C(O)N2C. The summed E-state index contributed by atoms with van der Waals surface area (Å²) < 4.78 is 40.0. The second-order valence-corrected chi connectivity index (χ2v) is 5.76. The summed E-state index contributed by atoms with van der Waals surface area (Å²) in [6, 6.07) is 10.1. The van der Waals surface area contributed by atoms with Crippen LogP contribution < -0.4 is 9.80 Å². The lowest BCUT2D eigenvalue weighted by molar-refractivity contribution is -0.137. The first-order valence-corrected chi connectivity index (χ1v) is 7.36. The van der Waals surface area contributed by atoms with Crippen molar-refractivity contribution < 1.29 is 23.4 Å². The highest BCUT2D eigenvalue weighted by molar-refractivity contribution is 5.67. The molecule has 0 saturated heterocycles. The van der Waals surface area contributed by atoms with Gasteiger partial charge in [-0.05, 0) is 30.7 Å². The number of anilines is 2. The van der Waals surface area contributed by atoms with Gasteiger partial charge in [0.25, 0.3) is 0 Å². The summed E-state index contributed by atoms with van der Waals surface area (Å²) in [5.41, 5.74) is 0.602. The first-order chi connectivity index (χ1) is 11.2. The quantitative estimate of drug-likeness (QED) is 0.838. The molecule has 1 aliphatic rings. The Morgan fingerprint density at radius 1 is 0.958 bits per heavy atom. The van der Waals surface area contributed by atoms with Crippen LogP contribution in [0.25, 0.3) is 0 Å². The number of fused-ring (bicyclic) bond motifs is 1. The van der Waals surface area contributed by atoms with Gasteiger partial charge in [0, 0.05) is 18.3 Å². The van der Waals surface area contributed by atoms with E-state index in [1.54, 1.807) is 32.2 Å². The molecule has 1 aliphatic heterocycles. The van der Waals surface area contributed by atoms with Gasteiger partial charge in [-0.15, -0.1) is 0 Å². The van der Waals surface area contributed by atoms with Crippen LogP contribution in [0, 0.1) is 6.92 Å². The van der Waals surface area contributed by atoms with Gasteiger partial charge in [0.05, 0.1) is 11.3 Å². The molecule has 0 amide bonds. The van der Waals surface area contributed by atoms with E-state index in [1.165, 1.54) is 23.1 Å². The zero-order valence-corrected chi connectivity index (χ0v) is 13.1. The number of hydrogen-bond acceptors (Lipinski definition) is 4. The third-order valence-corrected chi connectivity index (χ3v) is 4.29. The first-order valence-electron chi connectivity index (χ1n) is 7.36. The minimum Gasteiger partial charge on any atom is -0.369 e. The molecule has 0 radical (unpaired) electrons. The first kappa shape index (κ1) is 16.6. The van der Waals surface area contributed by atoms with E-state index < -0.39 is 24.3 Å². The maximum Gasteiger partial charge on any atom is 0.418 e. The van der Waals surface area contributed by atoms with Gasteiger partial charge in [-0.25, -0.2) is 0 Å². The minimum atomic E-state index is -4.60. The summed E-state index contributed by atoms with van der Waals surface area (Å²) in [5.74, 6) is 0. The standard InChI is InChI=1S/C17H17F3N2O2/c1-10-6-5-9-13-14(10)15(23)22(16(24)21(13)2)12-8-4-3-7-11(12)17(18,19)20/h3-9,15-16,23-24H,1-2H3. The van der Waals surface area contributed by atoms with Crippen LogP contribution in [-0.2, 0) is 6.18 Å². The van der Waals surface area contributed by atoms with E-state index in [0.717, 1.165) is 16.5 Å². The van der Waals surface area contributed by atoms with Crippen LogP contribution in [-0.4, -0.2) is 23.6 Å². The Kier molecular flexibility index (Phi) is 3.93. The van der Waals surface area contributed by atoms with Crippen molar-refractivity contribution in [1.82, 2.24) is 0 Å². The Balaban J connectivity index is 2.19. The maximum absolute atomic E-state index is 13.3. The topological polar surface area (TPSA) is 46.9 Å². The van der Waals surface area contributed by atoms with Crippen LogP contribution in [0.1, 0.15) is 22.9 Å². The molecule has 0 aromatic heterocycles. The molecule has 0 fully saturated rings. The number of halogens is 3. The number of aliphatic hydroxyl groups excluding tert-OH is 2. The van der Waals surface area contributed by atoms with Crippen LogP contribution in [0.3, 0.4) is 0 Å². The van der Waals surface area contributed by atoms with Gasteiger partial charge >= 0.3 is 6.18 Å². The molecule has 0 saturated carbocycles.